The highest BCUT2D eigenvalue weighted by Gasteiger charge is 2.31. The van der Waals surface area contributed by atoms with Gasteiger partial charge in [0.15, 0.2) is 5.65 Å². The largest absolute Gasteiger partial charge is 0.388 e. The second-order valence-corrected chi connectivity index (χ2v) is 9.03. The number of carbonyl (C=O) groups excluding carboxylic acids is 1. The number of halogens is 1. The average Bonchev–Trinajstić information content (AvgIpc) is 3.61. The third kappa shape index (κ3) is 3.77. The number of nitrogens with one attached hydrogen (secondary N) is 2. The molecule has 1 amide bonds. The molecule has 6 rings (SSSR count). The molecule has 2 saturated heterocycles. The van der Waals surface area contributed by atoms with Crippen molar-refractivity contribution in [3.8, 4) is 11.3 Å². The minimum atomic E-state index is -1.15. The molecule has 0 spiro atoms. The number of aromatic nitrogens is 5. The number of alkyl halides is 1. The number of anilines is 1. The van der Waals surface area contributed by atoms with E-state index >= 15 is 0 Å². The molecule has 0 bridgehead atoms. The van der Waals surface area contributed by atoms with Gasteiger partial charge in [-0.25, -0.2) is 14.4 Å². The molecule has 4 atom stereocenters. The molecule has 2 aliphatic heterocycles. The van der Waals surface area contributed by atoms with E-state index in [4.69, 9.17) is 14.5 Å². The van der Waals surface area contributed by atoms with Crippen LogP contribution in [0.3, 0.4) is 0 Å². The Morgan fingerprint density at radius 1 is 1.25 bits per heavy atom. The number of rotatable bonds is 5. The lowest BCUT2D eigenvalue weighted by molar-refractivity contribution is 0.00443. The fourth-order valence-electron chi connectivity index (χ4n) is 4.91. The fourth-order valence-corrected chi connectivity index (χ4v) is 4.91. The molecule has 11 nitrogen and oxygen atoms in total. The molecule has 36 heavy (non-hydrogen) atoms. The third-order valence-electron chi connectivity index (χ3n) is 6.81. The zero-order valence-corrected chi connectivity index (χ0v) is 19.6. The summed E-state index contributed by atoms with van der Waals surface area (Å²) < 4.78 is 28.8. The summed E-state index contributed by atoms with van der Waals surface area (Å²) in [6.45, 7) is 0.948. The van der Waals surface area contributed by atoms with Crippen molar-refractivity contribution in [2.24, 2.45) is 0 Å². The van der Waals surface area contributed by atoms with Crippen LogP contribution in [0.25, 0.3) is 27.9 Å². The molecule has 2 fully saturated rings. The monoisotopic (exact) mass is 495 g/mol. The molecule has 188 valence electrons. The second-order valence-electron chi connectivity index (χ2n) is 9.03. The zero-order chi connectivity index (χ0) is 24.8. The molecular weight excluding hydrogens is 469 g/mol. The SMILES string of the molecule is CNc1cc(-c2cn([C@H]3CCOC[C@@H]3F)c3ncccc23)nc2c(C(=O)N[C@@H]3COC[C@@H]3O)cnn12. The van der Waals surface area contributed by atoms with Crippen molar-refractivity contribution in [3.63, 3.8) is 0 Å². The van der Waals surface area contributed by atoms with Crippen LogP contribution in [-0.4, -0.2) is 87.0 Å². The first kappa shape index (κ1) is 22.8. The number of nitrogens with zero attached hydrogens (tertiary/aromatic N) is 5. The number of carbonyl (C=O) groups is 1. The van der Waals surface area contributed by atoms with Crippen LogP contribution in [0.5, 0.6) is 0 Å². The van der Waals surface area contributed by atoms with Crippen molar-refractivity contribution in [2.75, 3.05) is 38.8 Å². The molecule has 0 aromatic carbocycles. The van der Waals surface area contributed by atoms with Crippen LogP contribution in [0.2, 0.25) is 0 Å². The Balaban J connectivity index is 1.46. The molecule has 0 radical (unpaired) electrons. The summed E-state index contributed by atoms with van der Waals surface area (Å²) in [7, 11) is 1.76. The molecule has 0 unspecified atom stereocenters. The lowest BCUT2D eigenvalue weighted by atomic mass is 10.1. The van der Waals surface area contributed by atoms with Gasteiger partial charge in [0.1, 0.15) is 23.2 Å². The van der Waals surface area contributed by atoms with Crippen LogP contribution in [0.1, 0.15) is 22.8 Å². The summed E-state index contributed by atoms with van der Waals surface area (Å²) in [4.78, 5) is 22.4. The fraction of sp³-hybridized carbons (Fsp3) is 0.417. The van der Waals surface area contributed by atoms with Crippen molar-refractivity contribution in [1.29, 1.82) is 0 Å². The van der Waals surface area contributed by atoms with Crippen molar-refractivity contribution >= 4 is 28.4 Å². The minimum absolute atomic E-state index is 0.0512. The van der Waals surface area contributed by atoms with Crippen LogP contribution in [0.15, 0.2) is 36.8 Å². The van der Waals surface area contributed by atoms with E-state index in [1.165, 1.54) is 6.20 Å². The number of ether oxygens (including phenoxy) is 2. The Morgan fingerprint density at radius 3 is 2.92 bits per heavy atom. The number of hydrogen-bond acceptors (Lipinski definition) is 8. The molecule has 2 aliphatic rings. The Morgan fingerprint density at radius 2 is 2.14 bits per heavy atom. The van der Waals surface area contributed by atoms with E-state index in [1.54, 1.807) is 17.8 Å². The molecule has 0 aliphatic carbocycles. The Labute approximate surface area is 205 Å². The Hall–Kier alpha value is -3.61. The molecule has 0 saturated carbocycles. The summed E-state index contributed by atoms with van der Waals surface area (Å²) in [5.41, 5.74) is 2.63. The maximum atomic E-state index is 14.8. The van der Waals surface area contributed by atoms with Gasteiger partial charge in [0, 0.05) is 43.1 Å². The highest BCUT2D eigenvalue weighted by atomic mass is 19.1. The summed E-state index contributed by atoms with van der Waals surface area (Å²) >= 11 is 0. The van der Waals surface area contributed by atoms with Crippen molar-refractivity contribution in [1.82, 2.24) is 29.5 Å². The number of pyridine rings is 1. The average molecular weight is 496 g/mol. The lowest BCUT2D eigenvalue weighted by Crippen LogP contribution is -2.42. The van der Waals surface area contributed by atoms with Crippen molar-refractivity contribution in [3.05, 3.63) is 42.4 Å². The van der Waals surface area contributed by atoms with Crippen molar-refractivity contribution in [2.45, 2.75) is 30.8 Å². The van der Waals surface area contributed by atoms with Gasteiger partial charge in [-0.3, -0.25) is 4.79 Å². The number of hydrogen-bond donors (Lipinski definition) is 3. The summed E-state index contributed by atoms with van der Waals surface area (Å²) in [6, 6.07) is 4.69. The summed E-state index contributed by atoms with van der Waals surface area (Å²) in [5.74, 6) is 0.218. The first-order chi connectivity index (χ1) is 17.5. The quantitative estimate of drug-likeness (QED) is 0.381. The van der Waals surface area contributed by atoms with Gasteiger partial charge in [0.2, 0.25) is 0 Å². The first-order valence-electron chi connectivity index (χ1n) is 11.9. The first-order valence-corrected chi connectivity index (χ1v) is 11.9. The normalized spacial score (nSPS) is 24.4. The van der Waals surface area contributed by atoms with E-state index < -0.39 is 30.3 Å². The molecule has 3 N–H and O–H groups in total. The van der Waals surface area contributed by atoms with Crippen LogP contribution in [0, 0.1) is 0 Å². The maximum Gasteiger partial charge on any atom is 0.257 e. The third-order valence-corrected chi connectivity index (χ3v) is 6.81. The molecule has 12 heteroatoms. The number of amides is 1. The van der Waals surface area contributed by atoms with Gasteiger partial charge in [-0.05, 0) is 18.6 Å². The lowest BCUT2D eigenvalue weighted by Gasteiger charge is -2.27. The summed E-state index contributed by atoms with van der Waals surface area (Å²) in [6.07, 6.45) is 3.64. The Kier molecular flexibility index (Phi) is 5.78. The van der Waals surface area contributed by atoms with E-state index in [0.717, 1.165) is 10.9 Å². The number of fused-ring (bicyclic) bond motifs is 2. The van der Waals surface area contributed by atoms with E-state index in [0.29, 0.717) is 35.8 Å². The van der Waals surface area contributed by atoms with Gasteiger partial charge in [-0.2, -0.15) is 9.61 Å². The van der Waals surface area contributed by atoms with Crippen LogP contribution >= 0.6 is 0 Å². The highest BCUT2D eigenvalue weighted by Crippen LogP contribution is 2.35. The number of aliphatic hydroxyl groups excluding tert-OH is 1. The minimum Gasteiger partial charge on any atom is -0.388 e. The van der Waals surface area contributed by atoms with E-state index in [1.807, 2.05) is 29.0 Å². The van der Waals surface area contributed by atoms with Crippen LogP contribution < -0.4 is 10.6 Å². The predicted octanol–water partition coefficient (Wildman–Crippen LogP) is 1.58. The molecule has 6 heterocycles. The molecule has 4 aromatic rings. The maximum absolute atomic E-state index is 14.8. The second kappa shape index (κ2) is 9.12. The predicted molar refractivity (Wildman–Crippen MR) is 129 cm³/mol. The van der Waals surface area contributed by atoms with Gasteiger partial charge in [0.25, 0.3) is 5.91 Å². The standard InChI is InChI=1S/C24H26FN7O4/c1-26-21-7-17(29-23-14(8-28-32(21)23)24(34)30-18-11-36-12-20(18)33)15-9-31(19-4-6-35-10-16(19)25)22-13(15)3-2-5-27-22/h2-3,5,7-9,16,18-20,26,33H,4,6,10-12H2,1H3,(H,30,34)/t16-,18+,19-,20-/m0/s1. The summed E-state index contributed by atoms with van der Waals surface area (Å²) in [5, 5.41) is 21.1. The zero-order valence-electron chi connectivity index (χ0n) is 19.6. The van der Waals surface area contributed by atoms with Gasteiger partial charge in [-0.15, -0.1) is 0 Å². The van der Waals surface area contributed by atoms with Crippen molar-refractivity contribution < 1.29 is 23.8 Å². The topological polar surface area (TPSA) is 128 Å². The van der Waals surface area contributed by atoms with E-state index in [-0.39, 0.29) is 25.4 Å². The number of aliphatic hydroxyl groups is 1. The van der Waals surface area contributed by atoms with Gasteiger partial charge < -0.3 is 29.8 Å². The van der Waals surface area contributed by atoms with Gasteiger partial charge >= 0.3 is 0 Å². The molecular formula is C24H26FN7O4. The van der Waals surface area contributed by atoms with E-state index in [2.05, 4.69) is 20.7 Å². The van der Waals surface area contributed by atoms with Crippen LogP contribution in [-0.2, 0) is 9.47 Å². The Bertz CT molecular complexity index is 1440. The van der Waals surface area contributed by atoms with Gasteiger partial charge in [-0.1, -0.05) is 0 Å². The smallest absolute Gasteiger partial charge is 0.257 e. The van der Waals surface area contributed by atoms with E-state index in [9.17, 15) is 14.3 Å². The molecule has 4 aromatic heterocycles. The van der Waals surface area contributed by atoms with Gasteiger partial charge in [0.05, 0.1) is 49.9 Å². The van der Waals surface area contributed by atoms with Crippen LogP contribution in [0.4, 0.5) is 10.2 Å². The highest BCUT2D eigenvalue weighted by molar-refractivity contribution is 6.01.